The van der Waals surface area contributed by atoms with Crippen molar-refractivity contribution in [1.82, 2.24) is 5.32 Å². The van der Waals surface area contributed by atoms with Crippen molar-refractivity contribution in [2.24, 2.45) is 0 Å². The van der Waals surface area contributed by atoms with Crippen LogP contribution >= 0.6 is 0 Å². The third kappa shape index (κ3) is 3.20. The Morgan fingerprint density at radius 3 is 2.64 bits per heavy atom. The highest BCUT2D eigenvalue weighted by Crippen LogP contribution is 2.10. The molecule has 0 fully saturated rings. The van der Waals surface area contributed by atoms with Crippen LogP contribution in [0.5, 0.6) is 0 Å². The summed E-state index contributed by atoms with van der Waals surface area (Å²) in [5.74, 6) is 0. The molecule has 2 heteroatoms. The van der Waals surface area contributed by atoms with E-state index in [9.17, 15) is 0 Å². The second-order valence-corrected chi connectivity index (χ2v) is 3.28. The van der Waals surface area contributed by atoms with E-state index in [1.165, 1.54) is 0 Å². The monoisotopic (exact) mass is 188 g/mol. The summed E-state index contributed by atoms with van der Waals surface area (Å²) in [6, 6.07) is 11.9. The average Bonchev–Trinajstić information content (AvgIpc) is 2.26. The molecule has 0 saturated carbocycles. The molecule has 1 aromatic carbocycles. The topological polar surface area (TPSA) is 35.8 Å². The van der Waals surface area contributed by atoms with E-state index in [1.54, 1.807) is 0 Å². The van der Waals surface area contributed by atoms with Gasteiger partial charge in [0.15, 0.2) is 0 Å². The SMILES string of the molecule is CCCCNC(C#N)c1ccccc1. The van der Waals surface area contributed by atoms with Gasteiger partial charge in [-0.25, -0.2) is 0 Å². The largest absolute Gasteiger partial charge is 0.298 e. The smallest absolute Gasteiger partial charge is 0.121 e. The quantitative estimate of drug-likeness (QED) is 0.721. The highest BCUT2D eigenvalue weighted by molar-refractivity contribution is 5.23. The summed E-state index contributed by atoms with van der Waals surface area (Å²) < 4.78 is 0. The number of rotatable bonds is 5. The lowest BCUT2D eigenvalue weighted by atomic mass is 10.1. The van der Waals surface area contributed by atoms with Crippen molar-refractivity contribution in [2.75, 3.05) is 6.54 Å². The Bertz CT molecular complexity index is 287. The van der Waals surface area contributed by atoms with Gasteiger partial charge in [-0.3, -0.25) is 5.32 Å². The van der Waals surface area contributed by atoms with Gasteiger partial charge in [0.1, 0.15) is 6.04 Å². The third-order valence-electron chi connectivity index (χ3n) is 2.14. The molecule has 14 heavy (non-hydrogen) atoms. The molecule has 1 aromatic rings. The van der Waals surface area contributed by atoms with E-state index in [4.69, 9.17) is 5.26 Å². The van der Waals surface area contributed by atoms with Gasteiger partial charge in [-0.05, 0) is 18.5 Å². The van der Waals surface area contributed by atoms with Gasteiger partial charge in [-0.1, -0.05) is 43.7 Å². The Balaban J connectivity index is 2.52. The van der Waals surface area contributed by atoms with Crippen LogP contribution in [0.4, 0.5) is 0 Å². The fourth-order valence-corrected chi connectivity index (χ4v) is 1.31. The molecule has 0 radical (unpaired) electrons. The highest BCUT2D eigenvalue weighted by Gasteiger charge is 2.07. The molecule has 1 atom stereocenters. The maximum atomic E-state index is 8.97. The molecule has 0 saturated heterocycles. The lowest BCUT2D eigenvalue weighted by Gasteiger charge is -2.10. The standard InChI is InChI=1S/C12H16N2/c1-2-3-9-14-12(10-13)11-7-5-4-6-8-11/h4-8,12,14H,2-3,9H2,1H3. The minimum atomic E-state index is -0.164. The lowest BCUT2D eigenvalue weighted by molar-refractivity contribution is 0.598. The molecule has 2 nitrogen and oxygen atoms in total. The second kappa shape index (κ2) is 6.17. The summed E-state index contributed by atoms with van der Waals surface area (Å²) in [5.41, 5.74) is 1.05. The first kappa shape index (κ1) is 10.7. The maximum Gasteiger partial charge on any atom is 0.121 e. The zero-order valence-corrected chi connectivity index (χ0v) is 8.53. The van der Waals surface area contributed by atoms with Gasteiger partial charge in [0.05, 0.1) is 6.07 Å². The first-order chi connectivity index (χ1) is 6.88. The first-order valence-corrected chi connectivity index (χ1v) is 5.06. The van der Waals surface area contributed by atoms with Gasteiger partial charge in [0.25, 0.3) is 0 Å². The fourth-order valence-electron chi connectivity index (χ4n) is 1.31. The molecule has 1 unspecified atom stereocenters. The van der Waals surface area contributed by atoms with Crippen molar-refractivity contribution in [2.45, 2.75) is 25.8 Å². The summed E-state index contributed by atoms with van der Waals surface area (Å²) in [5, 5.41) is 12.2. The minimum Gasteiger partial charge on any atom is -0.298 e. The molecular weight excluding hydrogens is 172 g/mol. The number of unbranched alkanes of at least 4 members (excludes halogenated alkanes) is 1. The Kier molecular flexibility index (Phi) is 4.74. The van der Waals surface area contributed by atoms with E-state index in [2.05, 4.69) is 18.3 Å². The number of nitrogens with one attached hydrogen (secondary N) is 1. The van der Waals surface area contributed by atoms with Crippen molar-refractivity contribution >= 4 is 0 Å². The van der Waals surface area contributed by atoms with E-state index in [0.29, 0.717) is 0 Å². The van der Waals surface area contributed by atoms with Crippen molar-refractivity contribution in [1.29, 1.82) is 5.26 Å². The molecule has 0 aliphatic heterocycles. The summed E-state index contributed by atoms with van der Waals surface area (Å²) in [6.45, 7) is 3.05. The molecule has 0 bridgehead atoms. The molecule has 0 aliphatic carbocycles. The van der Waals surface area contributed by atoms with Crippen molar-refractivity contribution in [3.8, 4) is 6.07 Å². The van der Waals surface area contributed by atoms with Gasteiger partial charge in [-0.2, -0.15) is 5.26 Å². The molecule has 0 spiro atoms. The Morgan fingerprint density at radius 2 is 2.07 bits per heavy atom. The van der Waals surface area contributed by atoms with E-state index in [1.807, 2.05) is 30.3 Å². The van der Waals surface area contributed by atoms with Crippen LogP contribution in [0.1, 0.15) is 31.4 Å². The van der Waals surface area contributed by atoms with Crippen LogP contribution in [0, 0.1) is 11.3 Å². The predicted molar refractivity (Wildman–Crippen MR) is 57.7 cm³/mol. The average molecular weight is 188 g/mol. The van der Waals surface area contributed by atoms with Gasteiger partial charge in [0, 0.05) is 0 Å². The zero-order chi connectivity index (χ0) is 10.2. The fraction of sp³-hybridized carbons (Fsp3) is 0.417. The Hall–Kier alpha value is -1.33. The highest BCUT2D eigenvalue weighted by atomic mass is 14.9. The predicted octanol–water partition coefficient (Wildman–Crippen LogP) is 2.64. The zero-order valence-electron chi connectivity index (χ0n) is 8.53. The summed E-state index contributed by atoms with van der Waals surface area (Å²) in [4.78, 5) is 0. The van der Waals surface area contributed by atoms with Crippen LogP contribution in [-0.4, -0.2) is 6.54 Å². The molecule has 1 rings (SSSR count). The van der Waals surface area contributed by atoms with E-state index in [0.717, 1.165) is 24.9 Å². The molecule has 0 aliphatic rings. The van der Waals surface area contributed by atoms with Crippen LogP contribution < -0.4 is 5.32 Å². The van der Waals surface area contributed by atoms with E-state index in [-0.39, 0.29) is 6.04 Å². The van der Waals surface area contributed by atoms with Crippen molar-refractivity contribution in [3.63, 3.8) is 0 Å². The van der Waals surface area contributed by atoms with Crippen molar-refractivity contribution < 1.29 is 0 Å². The molecule has 1 N–H and O–H groups in total. The number of benzene rings is 1. The van der Waals surface area contributed by atoms with E-state index < -0.39 is 0 Å². The van der Waals surface area contributed by atoms with Crippen LogP contribution in [0.15, 0.2) is 30.3 Å². The number of nitriles is 1. The number of hydrogen-bond donors (Lipinski definition) is 1. The molecule has 74 valence electrons. The molecule has 0 amide bonds. The number of hydrogen-bond acceptors (Lipinski definition) is 2. The normalized spacial score (nSPS) is 12.0. The molecule has 0 aromatic heterocycles. The van der Waals surface area contributed by atoms with Gasteiger partial charge < -0.3 is 0 Å². The minimum absolute atomic E-state index is 0.164. The summed E-state index contributed by atoms with van der Waals surface area (Å²) in [7, 11) is 0. The lowest BCUT2D eigenvalue weighted by Crippen LogP contribution is -2.20. The van der Waals surface area contributed by atoms with Crippen LogP contribution in [0.2, 0.25) is 0 Å². The van der Waals surface area contributed by atoms with E-state index >= 15 is 0 Å². The summed E-state index contributed by atoms with van der Waals surface area (Å²) >= 11 is 0. The second-order valence-electron chi connectivity index (χ2n) is 3.28. The van der Waals surface area contributed by atoms with Gasteiger partial charge >= 0.3 is 0 Å². The Labute approximate surface area is 85.6 Å². The number of nitrogens with zero attached hydrogens (tertiary/aromatic N) is 1. The van der Waals surface area contributed by atoms with Gasteiger partial charge in [-0.15, -0.1) is 0 Å². The van der Waals surface area contributed by atoms with Gasteiger partial charge in [0.2, 0.25) is 0 Å². The van der Waals surface area contributed by atoms with Crippen LogP contribution in [-0.2, 0) is 0 Å². The van der Waals surface area contributed by atoms with Crippen LogP contribution in [0.3, 0.4) is 0 Å². The van der Waals surface area contributed by atoms with Crippen LogP contribution in [0.25, 0.3) is 0 Å². The molecular formula is C12H16N2. The molecule has 0 heterocycles. The maximum absolute atomic E-state index is 8.97. The first-order valence-electron chi connectivity index (χ1n) is 5.06. The Morgan fingerprint density at radius 1 is 1.36 bits per heavy atom. The third-order valence-corrected chi connectivity index (χ3v) is 2.14. The van der Waals surface area contributed by atoms with Crippen molar-refractivity contribution in [3.05, 3.63) is 35.9 Å². The summed E-state index contributed by atoms with van der Waals surface area (Å²) in [6.07, 6.45) is 2.27.